The molecule has 0 aliphatic rings. The lowest BCUT2D eigenvalue weighted by atomic mass is 10.1. The summed E-state index contributed by atoms with van der Waals surface area (Å²) in [6.45, 7) is 11.9. The van der Waals surface area contributed by atoms with Gasteiger partial charge in [-0.15, -0.1) is 6.58 Å². The summed E-state index contributed by atoms with van der Waals surface area (Å²) in [7, 11) is 1.97. The fourth-order valence-electron chi connectivity index (χ4n) is 2.03. The molecule has 0 bridgehead atoms. The quantitative estimate of drug-likeness (QED) is 0.714. The largest absolute Gasteiger partial charge is 0.333 e. The summed E-state index contributed by atoms with van der Waals surface area (Å²) in [5.74, 6) is 0.148. The number of carbonyl (C=O) groups is 1. The lowest BCUT2D eigenvalue weighted by molar-refractivity contribution is -0.136. The van der Waals surface area contributed by atoms with Crippen molar-refractivity contribution in [1.82, 2.24) is 9.80 Å². The van der Waals surface area contributed by atoms with Crippen LogP contribution in [-0.2, 0) is 11.3 Å². The summed E-state index contributed by atoms with van der Waals surface area (Å²) in [5, 5.41) is 0. The molecular formula is C17H26N2O. The summed E-state index contributed by atoms with van der Waals surface area (Å²) >= 11 is 0. The van der Waals surface area contributed by atoms with E-state index < -0.39 is 0 Å². The maximum absolute atomic E-state index is 12.5. The zero-order valence-electron chi connectivity index (χ0n) is 13.1. The van der Waals surface area contributed by atoms with Crippen LogP contribution in [0, 0.1) is 6.92 Å². The first-order chi connectivity index (χ1) is 9.49. The average Bonchev–Trinajstić information content (AvgIpc) is 2.46. The van der Waals surface area contributed by atoms with Gasteiger partial charge in [-0.3, -0.25) is 9.69 Å². The molecule has 0 aliphatic carbocycles. The summed E-state index contributed by atoms with van der Waals surface area (Å²) < 4.78 is 0. The van der Waals surface area contributed by atoms with Gasteiger partial charge < -0.3 is 4.90 Å². The van der Waals surface area contributed by atoms with Gasteiger partial charge in [-0.2, -0.15) is 0 Å². The number of aryl methyl sites for hydroxylation is 1. The number of likely N-dealkylation sites (N-methyl/N-ethyl adjacent to an activating group) is 1. The smallest absolute Gasteiger partial charge is 0.240 e. The van der Waals surface area contributed by atoms with E-state index in [1.54, 1.807) is 6.08 Å². The van der Waals surface area contributed by atoms with Gasteiger partial charge in [0, 0.05) is 13.1 Å². The molecule has 1 aromatic carbocycles. The zero-order chi connectivity index (χ0) is 15.1. The molecule has 0 saturated carbocycles. The molecule has 1 amide bonds. The molecule has 0 spiro atoms. The first kappa shape index (κ1) is 16.4. The Kier molecular flexibility index (Phi) is 6.46. The van der Waals surface area contributed by atoms with Crippen LogP contribution in [0.2, 0.25) is 0 Å². The maximum atomic E-state index is 12.5. The topological polar surface area (TPSA) is 23.6 Å². The van der Waals surface area contributed by atoms with Crippen LogP contribution in [0.25, 0.3) is 0 Å². The molecule has 20 heavy (non-hydrogen) atoms. The van der Waals surface area contributed by atoms with Crippen LogP contribution in [0.15, 0.2) is 36.9 Å². The third kappa shape index (κ3) is 4.49. The van der Waals surface area contributed by atoms with Crippen LogP contribution in [0.4, 0.5) is 0 Å². The highest BCUT2D eigenvalue weighted by Gasteiger charge is 2.22. The maximum Gasteiger partial charge on any atom is 0.240 e. The van der Waals surface area contributed by atoms with Crippen LogP contribution >= 0.6 is 0 Å². The van der Waals surface area contributed by atoms with Gasteiger partial charge in [0.25, 0.3) is 0 Å². The minimum absolute atomic E-state index is 0.106. The van der Waals surface area contributed by atoms with E-state index >= 15 is 0 Å². The van der Waals surface area contributed by atoms with Gasteiger partial charge in [0.1, 0.15) is 0 Å². The zero-order valence-corrected chi connectivity index (χ0v) is 13.1. The van der Waals surface area contributed by atoms with Crippen molar-refractivity contribution in [2.24, 2.45) is 0 Å². The standard InChI is InChI=1S/C17H26N2O/c1-6-12-19(17(20)15(4)18(5)7-2)13-16-10-8-14(3)9-11-16/h6,8-11,15H,1,7,12-13H2,2-5H3. The lowest BCUT2D eigenvalue weighted by Gasteiger charge is -2.29. The Bertz CT molecular complexity index is 439. The number of nitrogens with zero attached hydrogens (tertiary/aromatic N) is 2. The summed E-state index contributed by atoms with van der Waals surface area (Å²) in [4.78, 5) is 16.4. The minimum Gasteiger partial charge on any atom is -0.333 e. The fraction of sp³-hybridized carbons (Fsp3) is 0.471. The van der Waals surface area contributed by atoms with Crippen molar-refractivity contribution in [1.29, 1.82) is 0 Å². The molecule has 0 fully saturated rings. The van der Waals surface area contributed by atoms with E-state index in [0.717, 1.165) is 12.1 Å². The number of benzene rings is 1. The molecule has 3 nitrogen and oxygen atoms in total. The third-order valence-corrected chi connectivity index (χ3v) is 3.67. The van der Waals surface area contributed by atoms with Gasteiger partial charge in [0.2, 0.25) is 5.91 Å². The highest BCUT2D eigenvalue weighted by atomic mass is 16.2. The van der Waals surface area contributed by atoms with E-state index in [2.05, 4.69) is 44.7 Å². The molecule has 110 valence electrons. The van der Waals surface area contributed by atoms with E-state index in [9.17, 15) is 4.79 Å². The summed E-state index contributed by atoms with van der Waals surface area (Å²) in [5.41, 5.74) is 2.38. The first-order valence-corrected chi connectivity index (χ1v) is 7.15. The Hall–Kier alpha value is -1.61. The predicted octanol–water partition coefficient (Wildman–Crippen LogP) is 2.85. The monoisotopic (exact) mass is 274 g/mol. The molecular weight excluding hydrogens is 248 g/mol. The van der Waals surface area contributed by atoms with E-state index in [-0.39, 0.29) is 11.9 Å². The number of hydrogen-bond acceptors (Lipinski definition) is 2. The Labute approximate surface area is 122 Å². The van der Waals surface area contributed by atoms with Crippen molar-refractivity contribution in [2.45, 2.75) is 33.4 Å². The second-order valence-corrected chi connectivity index (χ2v) is 5.24. The normalized spacial score (nSPS) is 12.2. The predicted molar refractivity (Wildman–Crippen MR) is 84.6 cm³/mol. The Morgan fingerprint density at radius 3 is 2.45 bits per heavy atom. The van der Waals surface area contributed by atoms with Crippen LogP contribution in [0.1, 0.15) is 25.0 Å². The lowest BCUT2D eigenvalue weighted by Crippen LogP contribution is -2.45. The minimum atomic E-state index is -0.106. The van der Waals surface area contributed by atoms with Crippen LogP contribution < -0.4 is 0 Å². The van der Waals surface area contributed by atoms with Gasteiger partial charge in [-0.25, -0.2) is 0 Å². The number of hydrogen-bond donors (Lipinski definition) is 0. The van der Waals surface area contributed by atoms with E-state index in [0.29, 0.717) is 13.1 Å². The van der Waals surface area contributed by atoms with Crippen LogP contribution in [0.5, 0.6) is 0 Å². The molecule has 0 N–H and O–H groups in total. The van der Waals surface area contributed by atoms with Gasteiger partial charge in [-0.05, 0) is 33.0 Å². The van der Waals surface area contributed by atoms with E-state index in [1.165, 1.54) is 5.56 Å². The number of amides is 1. The third-order valence-electron chi connectivity index (χ3n) is 3.67. The summed E-state index contributed by atoms with van der Waals surface area (Å²) in [6.07, 6.45) is 1.78. The molecule has 3 heteroatoms. The molecule has 0 aromatic heterocycles. The number of carbonyl (C=O) groups excluding carboxylic acids is 1. The van der Waals surface area contributed by atoms with Gasteiger partial charge >= 0.3 is 0 Å². The number of rotatable bonds is 7. The molecule has 1 rings (SSSR count). The van der Waals surface area contributed by atoms with Crippen molar-refractivity contribution in [3.05, 3.63) is 48.0 Å². The van der Waals surface area contributed by atoms with Crippen molar-refractivity contribution in [3.8, 4) is 0 Å². The fourth-order valence-corrected chi connectivity index (χ4v) is 2.03. The van der Waals surface area contributed by atoms with Crippen LogP contribution in [-0.4, -0.2) is 41.9 Å². The van der Waals surface area contributed by atoms with Crippen molar-refractivity contribution >= 4 is 5.91 Å². The Morgan fingerprint density at radius 2 is 1.95 bits per heavy atom. The van der Waals surface area contributed by atoms with Gasteiger partial charge in [0.15, 0.2) is 0 Å². The average molecular weight is 274 g/mol. The molecule has 0 aliphatic heterocycles. The Balaban J connectivity index is 2.80. The SMILES string of the molecule is C=CCN(Cc1ccc(C)cc1)C(=O)C(C)N(C)CC. The molecule has 0 heterocycles. The van der Waals surface area contributed by atoms with E-state index in [4.69, 9.17) is 0 Å². The first-order valence-electron chi connectivity index (χ1n) is 7.15. The molecule has 0 saturated heterocycles. The Morgan fingerprint density at radius 1 is 1.35 bits per heavy atom. The highest BCUT2D eigenvalue weighted by molar-refractivity contribution is 5.81. The highest BCUT2D eigenvalue weighted by Crippen LogP contribution is 2.10. The summed E-state index contributed by atoms with van der Waals surface area (Å²) in [6, 6.07) is 8.20. The van der Waals surface area contributed by atoms with E-state index in [1.807, 2.05) is 23.8 Å². The van der Waals surface area contributed by atoms with Gasteiger partial charge in [-0.1, -0.05) is 42.8 Å². The molecule has 1 unspecified atom stereocenters. The van der Waals surface area contributed by atoms with Crippen molar-refractivity contribution in [2.75, 3.05) is 20.1 Å². The van der Waals surface area contributed by atoms with Gasteiger partial charge in [0.05, 0.1) is 6.04 Å². The second-order valence-electron chi connectivity index (χ2n) is 5.24. The second kappa shape index (κ2) is 7.85. The molecule has 0 radical (unpaired) electrons. The van der Waals surface area contributed by atoms with Crippen LogP contribution in [0.3, 0.4) is 0 Å². The van der Waals surface area contributed by atoms with Crippen molar-refractivity contribution in [3.63, 3.8) is 0 Å². The molecule has 1 aromatic rings. The van der Waals surface area contributed by atoms with Crippen molar-refractivity contribution < 1.29 is 4.79 Å². The molecule has 1 atom stereocenters.